The molecule has 0 unspecified atom stereocenters. The number of nitrogens with one attached hydrogen (secondary N) is 1. The molecule has 7 nitrogen and oxygen atoms in total. The Morgan fingerprint density at radius 3 is 2.77 bits per heavy atom. The van der Waals surface area contributed by atoms with Crippen molar-refractivity contribution in [1.82, 2.24) is 5.43 Å². The lowest BCUT2D eigenvalue weighted by Gasteiger charge is -2.14. The molecule has 0 bridgehead atoms. The molecular formula is C19H21N3O4. The first-order valence-electron chi connectivity index (χ1n) is 8.16. The Morgan fingerprint density at radius 2 is 2.08 bits per heavy atom. The Kier molecular flexibility index (Phi) is 6.43. The van der Waals surface area contributed by atoms with E-state index in [1.807, 2.05) is 25.1 Å². The number of rotatable bonds is 7. The minimum Gasteiger partial charge on any atom is -0.483 e. The molecule has 2 aromatic carbocycles. The SMILES string of the molecule is Cc1ccc(C(C)C)c(OCC(=O)NN=Cc2cccc([N+](=O)[O-])c2)c1. The maximum atomic E-state index is 11.9. The van der Waals surface area contributed by atoms with Crippen LogP contribution in [0.1, 0.15) is 36.5 Å². The molecule has 0 spiro atoms. The number of nitro groups is 1. The number of hydrogen-bond donors (Lipinski definition) is 1. The summed E-state index contributed by atoms with van der Waals surface area (Å²) < 4.78 is 5.62. The van der Waals surface area contributed by atoms with Crippen LogP contribution < -0.4 is 10.2 Å². The Morgan fingerprint density at radius 1 is 1.31 bits per heavy atom. The van der Waals surface area contributed by atoms with Gasteiger partial charge in [0.05, 0.1) is 11.1 Å². The predicted molar refractivity (Wildman–Crippen MR) is 99.6 cm³/mol. The zero-order valence-electron chi connectivity index (χ0n) is 14.9. The Balaban J connectivity index is 1.93. The first-order valence-corrected chi connectivity index (χ1v) is 8.16. The molecule has 7 heteroatoms. The fourth-order valence-electron chi connectivity index (χ4n) is 2.32. The van der Waals surface area contributed by atoms with Crippen LogP contribution >= 0.6 is 0 Å². The molecule has 0 aliphatic heterocycles. The van der Waals surface area contributed by atoms with Gasteiger partial charge < -0.3 is 4.74 Å². The van der Waals surface area contributed by atoms with Crippen molar-refractivity contribution in [2.24, 2.45) is 5.10 Å². The summed E-state index contributed by atoms with van der Waals surface area (Å²) in [7, 11) is 0. The maximum absolute atomic E-state index is 11.9. The van der Waals surface area contributed by atoms with E-state index in [-0.39, 0.29) is 18.2 Å². The lowest BCUT2D eigenvalue weighted by Crippen LogP contribution is -2.25. The van der Waals surface area contributed by atoms with Crippen LogP contribution in [0.4, 0.5) is 5.69 Å². The molecule has 0 aliphatic rings. The predicted octanol–water partition coefficient (Wildman–Crippen LogP) is 3.56. The Labute approximate surface area is 151 Å². The monoisotopic (exact) mass is 355 g/mol. The van der Waals surface area contributed by atoms with E-state index in [1.54, 1.807) is 12.1 Å². The highest BCUT2D eigenvalue weighted by Crippen LogP contribution is 2.27. The molecular weight excluding hydrogens is 334 g/mol. The Bertz CT molecular complexity index is 831. The minimum absolute atomic E-state index is 0.0377. The number of carbonyl (C=O) groups excluding carboxylic acids is 1. The fourth-order valence-corrected chi connectivity index (χ4v) is 2.32. The van der Waals surface area contributed by atoms with E-state index in [1.165, 1.54) is 18.3 Å². The smallest absolute Gasteiger partial charge is 0.277 e. The molecule has 0 heterocycles. The number of amides is 1. The number of carbonyl (C=O) groups is 1. The molecule has 0 saturated heterocycles. The van der Waals surface area contributed by atoms with Crippen LogP contribution in [0.3, 0.4) is 0 Å². The molecule has 2 aromatic rings. The van der Waals surface area contributed by atoms with Crippen LogP contribution in [0.5, 0.6) is 5.75 Å². The molecule has 1 amide bonds. The number of aryl methyl sites for hydroxylation is 1. The van der Waals surface area contributed by atoms with Crippen molar-refractivity contribution in [2.75, 3.05) is 6.61 Å². The zero-order chi connectivity index (χ0) is 19.1. The second-order valence-corrected chi connectivity index (χ2v) is 6.13. The second-order valence-electron chi connectivity index (χ2n) is 6.13. The van der Waals surface area contributed by atoms with Crippen LogP contribution in [0, 0.1) is 17.0 Å². The van der Waals surface area contributed by atoms with Crippen molar-refractivity contribution >= 4 is 17.8 Å². The quantitative estimate of drug-likeness (QED) is 0.467. The van der Waals surface area contributed by atoms with Crippen LogP contribution in [-0.2, 0) is 4.79 Å². The van der Waals surface area contributed by atoms with Gasteiger partial charge in [0.25, 0.3) is 11.6 Å². The van der Waals surface area contributed by atoms with Gasteiger partial charge in [-0.25, -0.2) is 5.43 Å². The van der Waals surface area contributed by atoms with Crippen LogP contribution in [-0.4, -0.2) is 23.7 Å². The number of hydrazone groups is 1. The van der Waals surface area contributed by atoms with Gasteiger partial charge in [-0.1, -0.05) is 38.1 Å². The summed E-state index contributed by atoms with van der Waals surface area (Å²) in [6.45, 7) is 5.90. The number of ether oxygens (including phenoxy) is 1. The lowest BCUT2D eigenvalue weighted by molar-refractivity contribution is -0.384. The molecule has 0 fully saturated rings. The average Bonchev–Trinajstić information content (AvgIpc) is 2.60. The summed E-state index contributed by atoms with van der Waals surface area (Å²) in [5.74, 6) is 0.543. The molecule has 0 aromatic heterocycles. The van der Waals surface area contributed by atoms with Crippen LogP contribution in [0.25, 0.3) is 0 Å². The first kappa shape index (κ1) is 19.1. The van der Waals surface area contributed by atoms with Gasteiger partial charge in [0.15, 0.2) is 6.61 Å². The summed E-state index contributed by atoms with van der Waals surface area (Å²) in [5, 5.41) is 14.5. The third-order valence-electron chi connectivity index (χ3n) is 3.63. The Hall–Kier alpha value is -3.22. The normalized spacial score (nSPS) is 10.9. The number of hydrogen-bond acceptors (Lipinski definition) is 5. The average molecular weight is 355 g/mol. The number of non-ortho nitro benzene ring substituents is 1. The summed E-state index contributed by atoms with van der Waals surface area (Å²) in [4.78, 5) is 22.1. The summed E-state index contributed by atoms with van der Waals surface area (Å²) >= 11 is 0. The van der Waals surface area contributed by atoms with E-state index in [0.717, 1.165) is 11.1 Å². The topological polar surface area (TPSA) is 93.8 Å². The standard InChI is InChI=1S/C19H21N3O4/c1-13(2)17-8-7-14(3)9-18(17)26-12-19(23)21-20-11-15-5-4-6-16(10-15)22(24)25/h4-11,13H,12H2,1-3H3,(H,21,23). The fraction of sp³-hybridized carbons (Fsp3) is 0.263. The minimum atomic E-state index is -0.488. The van der Waals surface area contributed by atoms with Gasteiger partial charge in [0.1, 0.15) is 5.75 Å². The van der Waals surface area contributed by atoms with Crippen molar-refractivity contribution in [3.8, 4) is 5.75 Å². The lowest BCUT2D eigenvalue weighted by atomic mass is 10.0. The van der Waals surface area contributed by atoms with E-state index in [4.69, 9.17) is 4.74 Å². The van der Waals surface area contributed by atoms with E-state index in [2.05, 4.69) is 24.4 Å². The third-order valence-corrected chi connectivity index (χ3v) is 3.63. The molecule has 2 rings (SSSR count). The molecule has 1 N–H and O–H groups in total. The molecule has 0 aliphatic carbocycles. The highest BCUT2D eigenvalue weighted by Gasteiger charge is 2.10. The van der Waals surface area contributed by atoms with E-state index < -0.39 is 10.8 Å². The summed E-state index contributed by atoms with van der Waals surface area (Å²) in [6.07, 6.45) is 1.34. The van der Waals surface area contributed by atoms with Gasteiger partial charge in [-0.15, -0.1) is 0 Å². The summed E-state index contributed by atoms with van der Waals surface area (Å²) in [6, 6.07) is 11.9. The first-order chi connectivity index (χ1) is 12.4. The maximum Gasteiger partial charge on any atom is 0.277 e. The van der Waals surface area contributed by atoms with Gasteiger partial charge in [-0.3, -0.25) is 14.9 Å². The van der Waals surface area contributed by atoms with Crippen molar-refractivity contribution in [3.63, 3.8) is 0 Å². The van der Waals surface area contributed by atoms with E-state index in [0.29, 0.717) is 11.3 Å². The molecule has 0 atom stereocenters. The molecule has 0 radical (unpaired) electrons. The van der Waals surface area contributed by atoms with Gasteiger partial charge >= 0.3 is 0 Å². The largest absolute Gasteiger partial charge is 0.483 e. The molecule has 0 saturated carbocycles. The third kappa shape index (κ3) is 5.41. The summed E-state index contributed by atoms with van der Waals surface area (Å²) in [5.41, 5.74) is 4.91. The second kappa shape index (κ2) is 8.75. The van der Waals surface area contributed by atoms with E-state index in [9.17, 15) is 14.9 Å². The van der Waals surface area contributed by atoms with Crippen molar-refractivity contribution in [2.45, 2.75) is 26.7 Å². The van der Waals surface area contributed by atoms with Crippen molar-refractivity contribution in [3.05, 3.63) is 69.3 Å². The zero-order valence-corrected chi connectivity index (χ0v) is 14.9. The van der Waals surface area contributed by atoms with Gasteiger partial charge in [0, 0.05) is 17.7 Å². The van der Waals surface area contributed by atoms with Crippen LogP contribution in [0.2, 0.25) is 0 Å². The van der Waals surface area contributed by atoms with Gasteiger partial charge in [-0.2, -0.15) is 5.10 Å². The van der Waals surface area contributed by atoms with Crippen molar-refractivity contribution < 1.29 is 14.5 Å². The van der Waals surface area contributed by atoms with Gasteiger partial charge in [-0.05, 0) is 30.0 Å². The molecule has 136 valence electrons. The van der Waals surface area contributed by atoms with Gasteiger partial charge in [0.2, 0.25) is 0 Å². The van der Waals surface area contributed by atoms with Crippen molar-refractivity contribution in [1.29, 1.82) is 0 Å². The highest BCUT2D eigenvalue weighted by molar-refractivity contribution is 5.83. The van der Waals surface area contributed by atoms with E-state index >= 15 is 0 Å². The number of benzene rings is 2. The van der Waals surface area contributed by atoms with Crippen LogP contribution in [0.15, 0.2) is 47.6 Å². The molecule has 26 heavy (non-hydrogen) atoms. The number of nitro benzene ring substituents is 1. The number of nitrogens with zero attached hydrogens (tertiary/aromatic N) is 2. The highest BCUT2D eigenvalue weighted by atomic mass is 16.6.